The molecule has 9 nitrogen and oxygen atoms in total. The van der Waals surface area contributed by atoms with Crippen LogP contribution < -0.4 is 15.8 Å². The van der Waals surface area contributed by atoms with Crippen LogP contribution in [-0.2, 0) is 34.5 Å². The largest absolute Gasteiger partial charge is 0.449 e. The van der Waals surface area contributed by atoms with E-state index in [9.17, 15) is 44.3 Å². The first-order chi connectivity index (χ1) is 22.5. The number of ether oxygens (including phenoxy) is 2. The number of nitrogens with zero attached hydrogens (tertiary/aromatic N) is 4. The minimum Gasteiger partial charge on any atom is -0.449 e. The van der Waals surface area contributed by atoms with Gasteiger partial charge in [-0.1, -0.05) is 6.92 Å². The smallest absolute Gasteiger partial charge is 0.416 e. The van der Waals surface area contributed by atoms with Gasteiger partial charge in [0.15, 0.2) is 0 Å². The second kappa shape index (κ2) is 13.5. The van der Waals surface area contributed by atoms with Crippen molar-refractivity contribution in [2.24, 2.45) is 5.10 Å². The minimum atomic E-state index is -5.08. The number of hydrogen-bond acceptors (Lipinski definition) is 8. The van der Waals surface area contributed by atoms with Crippen molar-refractivity contribution < 1.29 is 53.8 Å². The maximum absolute atomic E-state index is 13.8. The SMILES string of the molecule is CCOC(=O)N1c2ccc(C(F)(F)F)cc2[C@@H](NC2=NNN(CC3CCCO3)N2Cc2cc(C(F)(F)F)cc(C(F)(F)F)c2)C[C@H]1CC. The quantitative estimate of drug-likeness (QED) is 0.297. The highest BCUT2D eigenvalue weighted by Gasteiger charge is 2.42. The second-order valence-electron chi connectivity index (χ2n) is 11.6. The Balaban J connectivity index is 1.53. The van der Waals surface area contributed by atoms with Crippen molar-refractivity contribution in [1.29, 1.82) is 0 Å². The van der Waals surface area contributed by atoms with Crippen LogP contribution in [0.1, 0.15) is 73.4 Å². The number of amides is 1. The average molecular weight is 697 g/mol. The summed E-state index contributed by atoms with van der Waals surface area (Å²) in [5.74, 6) is -0.0771. The second-order valence-corrected chi connectivity index (χ2v) is 11.6. The summed E-state index contributed by atoms with van der Waals surface area (Å²) in [6.07, 6.45) is -14.1. The average Bonchev–Trinajstić information content (AvgIpc) is 3.65. The zero-order valence-electron chi connectivity index (χ0n) is 25.8. The molecule has 2 N–H and O–H groups in total. The van der Waals surface area contributed by atoms with Crippen molar-refractivity contribution >= 4 is 17.7 Å². The Labute approximate surface area is 269 Å². The van der Waals surface area contributed by atoms with Crippen LogP contribution >= 0.6 is 0 Å². The van der Waals surface area contributed by atoms with Gasteiger partial charge in [0.2, 0.25) is 5.96 Å². The van der Waals surface area contributed by atoms with Crippen LogP contribution in [0.25, 0.3) is 0 Å². The molecule has 18 heteroatoms. The summed E-state index contributed by atoms with van der Waals surface area (Å²) in [6.45, 7) is 3.42. The molecule has 3 aliphatic heterocycles. The molecule has 1 saturated heterocycles. The summed E-state index contributed by atoms with van der Waals surface area (Å²) < 4.78 is 134. The van der Waals surface area contributed by atoms with E-state index >= 15 is 0 Å². The summed E-state index contributed by atoms with van der Waals surface area (Å²) in [4.78, 5) is 14.2. The molecule has 1 unspecified atom stereocenters. The standard InChI is InChI=1S/C30H33F9N6O3/c1-3-21-14-24(23-13-18(28(31,32)33)7-8-25(23)45(21)27(46)47-4-2)40-26-41-42-44(16-22-6-5-9-48-22)43(26)15-17-10-19(29(34,35)36)12-20(11-17)30(37,38)39/h7-8,10-13,21-22,24,42H,3-6,9,14-16H2,1-2H3,(H,40,41)/t21-,22?,24+/m1/s1. The molecule has 1 fully saturated rings. The predicted molar refractivity (Wildman–Crippen MR) is 154 cm³/mol. The van der Waals surface area contributed by atoms with Gasteiger partial charge in [0.1, 0.15) is 0 Å². The van der Waals surface area contributed by atoms with Gasteiger partial charge in [0.25, 0.3) is 0 Å². The first-order valence-corrected chi connectivity index (χ1v) is 15.2. The molecule has 0 saturated carbocycles. The van der Waals surface area contributed by atoms with Crippen LogP contribution in [-0.4, -0.2) is 54.1 Å². The zero-order valence-corrected chi connectivity index (χ0v) is 25.8. The summed E-state index contributed by atoms with van der Waals surface area (Å²) in [5, 5.41) is 9.94. The number of hydrogen-bond donors (Lipinski definition) is 2. The topological polar surface area (TPSA) is 81.7 Å². The van der Waals surface area contributed by atoms with Crippen LogP contribution in [0.3, 0.4) is 0 Å². The number of anilines is 1. The summed E-state index contributed by atoms with van der Waals surface area (Å²) in [5.41, 5.74) is -1.40. The summed E-state index contributed by atoms with van der Waals surface area (Å²) in [7, 11) is 0. The van der Waals surface area contributed by atoms with Gasteiger partial charge in [0.05, 0.1) is 54.2 Å². The predicted octanol–water partition coefficient (Wildman–Crippen LogP) is 7.21. The van der Waals surface area contributed by atoms with Crippen LogP contribution in [0.2, 0.25) is 0 Å². The highest BCUT2D eigenvalue weighted by Crippen LogP contribution is 2.42. The number of fused-ring (bicyclic) bond motifs is 1. The molecule has 264 valence electrons. The molecule has 0 bridgehead atoms. The first kappa shape index (κ1) is 35.4. The maximum atomic E-state index is 13.8. The van der Waals surface area contributed by atoms with Gasteiger partial charge in [-0.15, -0.1) is 10.2 Å². The first-order valence-electron chi connectivity index (χ1n) is 15.2. The lowest BCUT2D eigenvalue weighted by molar-refractivity contribution is -0.143. The Bertz CT molecular complexity index is 1480. The molecule has 48 heavy (non-hydrogen) atoms. The van der Waals surface area contributed by atoms with E-state index in [4.69, 9.17) is 9.47 Å². The van der Waals surface area contributed by atoms with Crippen LogP contribution in [0.15, 0.2) is 41.5 Å². The normalized spacial score (nSPS) is 22.0. The number of rotatable bonds is 7. The Hall–Kier alpha value is -3.93. The molecule has 0 radical (unpaired) electrons. The van der Waals surface area contributed by atoms with Crippen molar-refractivity contribution in [2.45, 2.75) is 82.8 Å². The van der Waals surface area contributed by atoms with Crippen LogP contribution in [0.4, 0.5) is 50.0 Å². The van der Waals surface area contributed by atoms with Crippen molar-refractivity contribution in [2.75, 3.05) is 24.7 Å². The van der Waals surface area contributed by atoms with E-state index in [-0.39, 0.29) is 54.5 Å². The van der Waals surface area contributed by atoms with E-state index in [0.717, 1.165) is 18.6 Å². The Morgan fingerprint density at radius 3 is 2.21 bits per heavy atom. The molecule has 0 aliphatic carbocycles. The van der Waals surface area contributed by atoms with Crippen LogP contribution in [0, 0.1) is 0 Å². The molecule has 0 aromatic heterocycles. The number of hydrazine groups is 2. The van der Waals surface area contributed by atoms with E-state index in [0.29, 0.717) is 31.6 Å². The number of halogens is 9. The Kier molecular flexibility index (Phi) is 9.97. The van der Waals surface area contributed by atoms with Crippen molar-refractivity contribution in [3.8, 4) is 0 Å². The number of nitrogens with one attached hydrogen (secondary N) is 2. The Morgan fingerprint density at radius 1 is 0.979 bits per heavy atom. The van der Waals surface area contributed by atoms with E-state index in [2.05, 4.69) is 16.0 Å². The molecule has 3 heterocycles. The molecule has 1 amide bonds. The number of hydrazone groups is 1. The van der Waals surface area contributed by atoms with E-state index in [1.54, 1.807) is 13.8 Å². The van der Waals surface area contributed by atoms with Crippen molar-refractivity contribution in [3.05, 3.63) is 64.2 Å². The molecule has 5 rings (SSSR count). The molecule has 0 spiro atoms. The molecule has 2 aromatic rings. The van der Waals surface area contributed by atoms with Gasteiger partial charge >= 0.3 is 24.6 Å². The molecular formula is C30H33F9N6O3. The zero-order chi connectivity index (χ0) is 35.0. The van der Waals surface area contributed by atoms with E-state index in [1.165, 1.54) is 21.1 Å². The lowest BCUT2D eigenvalue weighted by atomic mass is 9.89. The minimum absolute atomic E-state index is 0.0208. The van der Waals surface area contributed by atoms with Gasteiger partial charge < -0.3 is 14.8 Å². The third kappa shape index (κ3) is 7.69. The van der Waals surface area contributed by atoms with Gasteiger partial charge in [0, 0.05) is 12.6 Å². The fourth-order valence-electron chi connectivity index (χ4n) is 6.01. The Morgan fingerprint density at radius 2 is 1.65 bits per heavy atom. The fourth-order valence-corrected chi connectivity index (χ4v) is 6.01. The monoisotopic (exact) mass is 696 g/mol. The highest BCUT2D eigenvalue weighted by molar-refractivity contribution is 5.91. The fraction of sp³-hybridized carbons (Fsp3) is 0.533. The highest BCUT2D eigenvalue weighted by atomic mass is 19.4. The van der Waals surface area contributed by atoms with E-state index < -0.39 is 59.9 Å². The lowest BCUT2D eigenvalue weighted by Crippen LogP contribution is -2.53. The number of benzene rings is 2. The third-order valence-corrected chi connectivity index (χ3v) is 8.29. The molecule has 3 atom stereocenters. The lowest BCUT2D eigenvalue weighted by Gasteiger charge is -2.41. The van der Waals surface area contributed by atoms with Gasteiger partial charge in [-0.25, -0.2) is 10.3 Å². The summed E-state index contributed by atoms with van der Waals surface area (Å²) in [6, 6.07) is 2.67. The van der Waals surface area contributed by atoms with Crippen molar-refractivity contribution in [1.82, 2.24) is 21.0 Å². The molecule has 2 aromatic carbocycles. The van der Waals surface area contributed by atoms with Crippen molar-refractivity contribution in [3.63, 3.8) is 0 Å². The molecular weight excluding hydrogens is 663 g/mol. The van der Waals surface area contributed by atoms with E-state index in [1.807, 2.05) is 0 Å². The number of guanidine groups is 1. The van der Waals surface area contributed by atoms with Gasteiger partial charge in [-0.05, 0) is 80.1 Å². The third-order valence-electron chi connectivity index (χ3n) is 8.29. The number of carbonyl (C=O) groups excluding carboxylic acids is 1. The van der Waals surface area contributed by atoms with Crippen LogP contribution in [0.5, 0.6) is 0 Å². The molecule has 3 aliphatic rings. The number of carbonyl (C=O) groups is 1. The number of alkyl halides is 9. The summed E-state index contributed by atoms with van der Waals surface area (Å²) >= 11 is 0. The maximum Gasteiger partial charge on any atom is 0.416 e. The van der Waals surface area contributed by atoms with Gasteiger partial charge in [-0.2, -0.15) is 39.5 Å². The van der Waals surface area contributed by atoms with Gasteiger partial charge in [-0.3, -0.25) is 9.91 Å².